The highest BCUT2D eigenvalue weighted by Gasteiger charge is 2.25. The van der Waals surface area contributed by atoms with E-state index < -0.39 is 6.04 Å². The van der Waals surface area contributed by atoms with Gasteiger partial charge in [0.25, 0.3) is 0 Å². The number of allylic oxidation sites excluding steroid dienone is 1. The lowest BCUT2D eigenvalue weighted by Gasteiger charge is -2.15. The second-order valence-electron chi connectivity index (χ2n) is 6.75. The first kappa shape index (κ1) is 17.8. The number of aromatic nitrogens is 3. The fourth-order valence-electron chi connectivity index (χ4n) is 2.79. The van der Waals surface area contributed by atoms with Gasteiger partial charge in [0.15, 0.2) is 0 Å². The van der Waals surface area contributed by atoms with Gasteiger partial charge in [-0.05, 0) is 36.5 Å². The normalized spacial score (nSPS) is 17.0. The van der Waals surface area contributed by atoms with Gasteiger partial charge in [-0.1, -0.05) is 43.3 Å². The molecule has 2 heterocycles. The zero-order chi connectivity index (χ0) is 18.5. The van der Waals surface area contributed by atoms with Crippen molar-refractivity contribution in [1.29, 1.82) is 0 Å². The van der Waals surface area contributed by atoms with E-state index >= 15 is 0 Å². The number of nitrogens with one attached hydrogen (secondary N) is 2. The van der Waals surface area contributed by atoms with Gasteiger partial charge >= 0.3 is 0 Å². The van der Waals surface area contributed by atoms with E-state index in [1.165, 1.54) is 4.68 Å². The van der Waals surface area contributed by atoms with Gasteiger partial charge in [-0.25, -0.2) is 4.68 Å². The minimum atomic E-state index is -0.557. The molecule has 2 N–H and O–H groups in total. The smallest absolute Gasteiger partial charge is 0.246 e. The van der Waals surface area contributed by atoms with Gasteiger partial charge in [-0.2, -0.15) is 0 Å². The average Bonchev–Trinajstić information content (AvgIpc) is 2.98. The number of para-hydroxylation sites is 1. The quantitative estimate of drug-likeness (QED) is 0.861. The Kier molecular flexibility index (Phi) is 5.46. The summed E-state index contributed by atoms with van der Waals surface area (Å²) >= 11 is 0. The molecule has 0 spiro atoms. The Hall–Kier alpha value is -2.96. The maximum atomic E-state index is 12.3. The van der Waals surface area contributed by atoms with Crippen LogP contribution in [0.2, 0.25) is 0 Å². The van der Waals surface area contributed by atoms with Gasteiger partial charge in [0, 0.05) is 5.69 Å². The van der Waals surface area contributed by atoms with Crippen LogP contribution in [0.15, 0.2) is 36.5 Å². The molecule has 1 aliphatic rings. The predicted octanol–water partition coefficient (Wildman–Crippen LogP) is 2.02. The summed E-state index contributed by atoms with van der Waals surface area (Å²) in [4.78, 5) is 24.6. The monoisotopic (exact) mass is 353 g/mol. The number of fused-ring (bicyclic) bond motifs is 1. The highest BCUT2D eigenvalue weighted by atomic mass is 16.2. The van der Waals surface area contributed by atoms with E-state index in [4.69, 9.17) is 0 Å². The van der Waals surface area contributed by atoms with Crippen LogP contribution >= 0.6 is 0 Å². The van der Waals surface area contributed by atoms with Crippen molar-refractivity contribution in [3.63, 3.8) is 0 Å². The third kappa shape index (κ3) is 4.56. The van der Waals surface area contributed by atoms with E-state index in [1.54, 1.807) is 6.20 Å². The first-order chi connectivity index (χ1) is 12.5. The predicted molar refractivity (Wildman–Crippen MR) is 99.2 cm³/mol. The van der Waals surface area contributed by atoms with Crippen LogP contribution in [0.25, 0.3) is 6.08 Å². The first-order valence-electron chi connectivity index (χ1n) is 8.78. The largest absolute Gasteiger partial charge is 0.343 e. The highest BCUT2D eigenvalue weighted by Crippen LogP contribution is 2.21. The Bertz CT molecular complexity index is 825. The third-order valence-corrected chi connectivity index (χ3v) is 4.14. The van der Waals surface area contributed by atoms with Gasteiger partial charge in [-0.3, -0.25) is 9.59 Å². The molecule has 0 saturated carbocycles. The highest BCUT2D eigenvalue weighted by molar-refractivity contribution is 5.98. The minimum absolute atomic E-state index is 0.0270. The number of aryl methyl sites for hydroxylation is 1. The molecule has 0 bridgehead atoms. The van der Waals surface area contributed by atoms with E-state index in [2.05, 4.69) is 34.8 Å². The minimum Gasteiger partial charge on any atom is -0.343 e. The Morgan fingerprint density at radius 1 is 1.42 bits per heavy atom. The Labute approximate surface area is 152 Å². The number of hydrogen-bond donors (Lipinski definition) is 2. The average molecular weight is 353 g/mol. The summed E-state index contributed by atoms with van der Waals surface area (Å²) in [5.41, 5.74) is 2.59. The fraction of sp³-hybridized carbons (Fsp3) is 0.368. The van der Waals surface area contributed by atoms with Gasteiger partial charge in [-0.15, -0.1) is 5.10 Å². The molecule has 3 rings (SSSR count). The molecular weight excluding hydrogens is 330 g/mol. The SMILES string of the molecule is CC(C)/C=C/c1cn(CC(=O)NC2CCc3ccccc3NC2=O)nn1. The number of carbonyl (C=O) groups excluding carboxylic acids is 2. The molecule has 26 heavy (non-hydrogen) atoms. The molecule has 0 saturated heterocycles. The molecule has 7 heteroatoms. The van der Waals surface area contributed by atoms with Crippen molar-refractivity contribution >= 4 is 23.6 Å². The first-order valence-corrected chi connectivity index (χ1v) is 8.78. The molecule has 0 fully saturated rings. The number of amides is 2. The molecule has 1 aromatic heterocycles. The Morgan fingerprint density at radius 3 is 3.04 bits per heavy atom. The van der Waals surface area contributed by atoms with Crippen LogP contribution in [-0.2, 0) is 22.6 Å². The van der Waals surface area contributed by atoms with Crippen LogP contribution in [-0.4, -0.2) is 32.9 Å². The molecule has 0 radical (unpaired) electrons. The van der Waals surface area contributed by atoms with E-state index in [-0.39, 0.29) is 18.4 Å². The van der Waals surface area contributed by atoms with E-state index in [0.717, 1.165) is 17.7 Å². The van der Waals surface area contributed by atoms with E-state index in [9.17, 15) is 9.59 Å². The summed E-state index contributed by atoms with van der Waals surface area (Å²) in [5.74, 6) is -0.0378. The topological polar surface area (TPSA) is 88.9 Å². The maximum Gasteiger partial charge on any atom is 0.246 e. The molecule has 2 aromatic rings. The fourth-order valence-corrected chi connectivity index (χ4v) is 2.79. The number of nitrogens with zero attached hydrogens (tertiary/aromatic N) is 3. The number of hydrogen-bond acceptors (Lipinski definition) is 4. The Balaban J connectivity index is 1.58. The zero-order valence-corrected chi connectivity index (χ0v) is 15.0. The van der Waals surface area contributed by atoms with Gasteiger partial charge in [0.1, 0.15) is 18.3 Å². The van der Waals surface area contributed by atoms with E-state index in [1.807, 2.05) is 36.4 Å². The van der Waals surface area contributed by atoms with Gasteiger partial charge in [0.05, 0.1) is 6.20 Å². The van der Waals surface area contributed by atoms with Gasteiger partial charge < -0.3 is 10.6 Å². The van der Waals surface area contributed by atoms with E-state index in [0.29, 0.717) is 18.0 Å². The summed E-state index contributed by atoms with van der Waals surface area (Å²) < 4.78 is 1.47. The number of carbonyl (C=O) groups is 2. The van der Waals surface area contributed by atoms with Gasteiger partial charge in [0.2, 0.25) is 11.8 Å². The number of rotatable bonds is 5. The van der Waals surface area contributed by atoms with Crippen molar-refractivity contribution in [3.8, 4) is 0 Å². The Morgan fingerprint density at radius 2 is 2.23 bits per heavy atom. The summed E-state index contributed by atoms with van der Waals surface area (Å²) in [6.45, 7) is 4.17. The third-order valence-electron chi connectivity index (χ3n) is 4.14. The molecule has 1 aliphatic heterocycles. The summed E-state index contributed by atoms with van der Waals surface area (Å²) in [7, 11) is 0. The van der Waals surface area contributed by atoms with Crippen LogP contribution in [0.3, 0.4) is 0 Å². The van der Waals surface area contributed by atoms with Crippen LogP contribution in [0.4, 0.5) is 5.69 Å². The summed E-state index contributed by atoms with van der Waals surface area (Å²) in [6, 6.07) is 7.13. The number of anilines is 1. The van der Waals surface area contributed by atoms with Crippen molar-refractivity contribution in [2.75, 3.05) is 5.32 Å². The van der Waals surface area contributed by atoms with Crippen molar-refractivity contribution in [1.82, 2.24) is 20.3 Å². The van der Waals surface area contributed by atoms with Crippen LogP contribution in [0.1, 0.15) is 31.5 Å². The van der Waals surface area contributed by atoms with Crippen molar-refractivity contribution in [2.24, 2.45) is 5.92 Å². The maximum absolute atomic E-state index is 12.3. The molecule has 1 aromatic carbocycles. The van der Waals surface area contributed by atoms with Crippen molar-refractivity contribution in [2.45, 2.75) is 39.3 Å². The molecule has 1 unspecified atom stereocenters. The molecular formula is C19H23N5O2. The second kappa shape index (κ2) is 7.95. The summed E-state index contributed by atoms with van der Waals surface area (Å²) in [5, 5.41) is 13.6. The van der Waals surface area contributed by atoms with Crippen LogP contribution in [0.5, 0.6) is 0 Å². The van der Waals surface area contributed by atoms with Crippen LogP contribution < -0.4 is 10.6 Å². The lowest BCUT2D eigenvalue weighted by Crippen LogP contribution is -2.44. The van der Waals surface area contributed by atoms with Crippen LogP contribution in [0, 0.1) is 5.92 Å². The molecule has 2 amide bonds. The molecule has 0 aliphatic carbocycles. The number of benzene rings is 1. The van der Waals surface area contributed by atoms with Crippen molar-refractivity contribution < 1.29 is 9.59 Å². The standard InChI is InChI=1S/C19H23N5O2/c1-13(2)7-9-15-11-24(23-22-15)12-18(25)20-17-10-8-14-5-3-4-6-16(14)21-19(17)26/h3-7,9,11,13,17H,8,10,12H2,1-2H3,(H,20,25)(H,21,26)/b9-7+. The molecule has 136 valence electrons. The van der Waals surface area contributed by atoms with Crippen molar-refractivity contribution in [3.05, 3.63) is 47.8 Å². The lowest BCUT2D eigenvalue weighted by atomic mass is 10.1. The zero-order valence-electron chi connectivity index (χ0n) is 15.0. The second-order valence-corrected chi connectivity index (χ2v) is 6.75. The molecule has 1 atom stereocenters. The summed E-state index contributed by atoms with van der Waals surface area (Å²) in [6.07, 6.45) is 6.90. The molecule has 7 nitrogen and oxygen atoms in total. The lowest BCUT2D eigenvalue weighted by molar-refractivity contribution is -0.127.